The maximum absolute atomic E-state index is 12.9. The lowest BCUT2D eigenvalue weighted by Crippen LogP contribution is -2.13. The third-order valence-electron chi connectivity index (χ3n) is 4.51. The van der Waals surface area contributed by atoms with Crippen molar-refractivity contribution in [3.05, 3.63) is 71.9 Å². The number of rotatable bonds is 5. The van der Waals surface area contributed by atoms with Crippen molar-refractivity contribution in [1.29, 1.82) is 0 Å². The Kier molecular flexibility index (Phi) is 6.05. The van der Waals surface area contributed by atoms with E-state index < -0.39 is 23.8 Å². The number of aromatic nitrogens is 1. The van der Waals surface area contributed by atoms with Crippen LogP contribution in [0.1, 0.15) is 35.8 Å². The van der Waals surface area contributed by atoms with Gasteiger partial charge in [0.2, 0.25) is 5.88 Å². The SMILES string of the molecule is CC(C)n1cc(NC(=O)c2ccccc2-c2ccc(C(F)(F)F)cc2)cc1OC(=O)O. The van der Waals surface area contributed by atoms with Crippen molar-refractivity contribution >= 4 is 17.7 Å². The van der Waals surface area contributed by atoms with E-state index in [-0.39, 0.29) is 17.5 Å². The van der Waals surface area contributed by atoms with Crippen LogP contribution in [0.25, 0.3) is 11.1 Å². The zero-order valence-corrected chi connectivity index (χ0v) is 16.6. The van der Waals surface area contributed by atoms with Crippen LogP contribution in [0.4, 0.5) is 23.7 Å². The Morgan fingerprint density at radius 3 is 2.29 bits per heavy atom. The molecule has 0 bridgehead atoms. The van der Waals surface area contributed by atoms with Crippen LogP contribution in [0.15, 0.2) is 60.8 Å². The molecule has 0 aliphatic heterocycles. The average molecular weight is 432 g/mol. The van der Waals surface area contributed by atoms with Crippen LogP contribution < -0.4 is 10.1 Å². The number of alkyl halides is 3. The molecule has 162 valence electrons. The Morgan fingerprint density at radius 1 is 1.06 bits per heavy atom. The number of hydrogen-bond acceptors (Lipinski definition) is 3. The van der Waals surface area contributed by atoms with Gasteiger partial charge in [-0.15, -0.1) is 0 Å². The van der Waals surface area contributed by atoms with Crippen LogP contribution in [0.5, 0.6) is 5.88 Å². The minimum Gasteiger partial charge on any atom is -0.449 e. The fourth-order valence-corrected chi connectivity index (χ4v) is 3.07. The van der Waals surface area contributed by atoms with Crippen molar-refractivity contribution in [1.82, 2.24) is 4.57 Å². The van der Waals surface area contributed by atoms with Gasteiger partial charge < -0.3 is 19.7 Å². The molecule has 6 nitrogen and oxygen atoms in total. The van der Waals surface area contributed by atoms with Crippen LogP contribution >= 0.6 is 0 Å². The molecule has 0 saturated heterocycles. The van der Waals surface area contributed by atoms with Crippen LogP contribution in [-0.4, -0.2) is 21.7 Å². The van der Waals surface area contributed by atoms with Crippen LogP contribution in [-0.2, 0) is 6.18 Å². The summed E-state index contributed by atoms with van der Waals surface area (Å²) in [6.45, 7) is 3.64. The minimum atomic E-state index is -4.45. The molecular formula is C22H19F3N2O4. The lowest BCUT2D eigenvalue weighted by molar-refractivity contribution is -0.137. The second-order valence-electron chi connectivity index (χ2n) is 7.01. The number of carbonyl (C=O) groups excluding carboxylic acids is 1. The van der Waals surface area contributed by atoms with E-state index in [1.54, 1.807) is 35.0 Å². The zero-order chi connectivity index (χ0) is 22.8. The lowest BCUT2D eigenvalue weighted by atomic mass is 9.98. The van der Waals surface area contributed by atoms with Crippen molar-refractivity contribution in [3.8, 4) is 17.0 Å². The van der Waals surface area contributed by atoms with E-state index in [0.29, 0.717) is 16.8 Å². The van der Waals surface area contributed by atoms with Gasteiger partial charge >= 0.3 is 12.3 Å². The van der Waals surface area contributed by atoms with Gasteiger partial charge in [-0.05, 0) is 43.2 Å². The maximum Gasteiger partial charge on any atom is 0.512 e. The molecule has 0 unspecified atom stereocenters. The topological polar surface area (TPSA) is 80.6 Å². The first-order valence-electron chi connectivity index (χ1n) is 9.27. The number of anilines is 1. The fraction of sp³-hybridized carbons (Fsp3) is 0.182. The number of carbonyl (C=O) groups is 2. The summed E-state index contributed by atoms with van der Waals surface area (Å²) in [5.41, 5.74) is 0.698. The van der Waals surface area contributed by atoms with Gasteiger partial charge in [0.1, 0.15) is 0 Å². The highest BCUT2D eigenvalue weighted by molar-refractivity contribution is 6.08. The molecule has 31 heavy (non-hydrogen) atoms. The number of halogens is 3. The Labute approximate surface area is 175 Å². The van der Waals surface area contributed by atoms with Gasteiger partial charge in [-0.3, -0.25) is 4.79 Å². The molecule has 1 heterocycles. The predicted molar refractivity (Wildman–Crippen MR) is 108 cm³/mol. The summed E-state index contributed by atoms with van der Waals surface area (Å²) in [5, 5.41) is 11.6. The first kappa shape index (κ1) is 21.9. The third-order valence-corrected chi connectivity index (χ3v) is 4.51. The van der Waals surface area contributed by atoms with E-state index >= 15 is 0 Å². The zero-order valence-electron chi connectivity index (χ0n) is 16.6. The molecule has 0 radical (unpaired) electrons. The van der Waals surface area contributed by atoms with Crippen molar-refractivity contribution in [3.63, 3.8) is 0 Å². The second kappa shape index (κ2) is 8.55. The van der Waals surface area contributed by atoms with Crippen LogP contribution in [0.2, 0.25) is 0 Å². The normalized spacial score (nSPS) is 11.4. The summed E-state index contributed by atoms with van der Waals surface area (Å²) >= 11 is 0. The number of carboxylic acid groups (broad SMARTS) is 1. The maximum atomic E-state index is 12.9. The minimum absolute atomic E-state index is 0.0498. The van der Waals surface area contributed by atoms with Crippen molar-refractivity contribution in [2.24, 2.45) is 0 Å². The largest absolute Gasteiger partial charge is 0.512 e. The monoisotopic (exact) mass is 432 g/mol. The summed E-state index contributed by atoms with van der Waals surface area (Å²) in [6, 6.07) is 12.3. The average Bonchev–Trinajstić information content (AvgIpc) is 3.09. The Balaban J connectivity index is 1.90. The predicted octanol–water partition coefficient (Wildman–Crippen LogP) is 6.06. The van der Waals surface area contributed by atoms with Crippen molar-refractivity contribution in [2.45, 2.75) is 26.1 Å². The number of nitrogens with zero attached hydrogens (tertiary/aromatic N) is 1. The first-order chi connectivity index (χ1) is 14.6. The fourth-order valence-electron chi connectivity index (χ4n) is 3.07. The summed E-state index contributed by atoms with van der Waals surface area (Å²) in [4.78, 5) is 23.8. The molecule has 0 spiro atoms. The van der Waals surface area contributed by atoms with Crippen LogP contribution in [0, 0.1) is 0 Å². The highest BCUT2D eigenvalue weighted by atomic mass is 19.4. The molecule has 3 rings (SSSR count). The third kappa shape index (κ3) is 5.06. The summed E-state index contributed by atoms with van der Waals surface area (Å²) < 4.78 is 44.8. The molecule has 0 aliphatic rings. The highest BCUT2D eigenvalue weighted by Crippen LogP contribution is 2.32. The van der Waals surface area contributed by atoms with Gasteiger partial charge in [0.25, 0.3) is 5.91 Å². The van der Waals surface area contributed by atoms with E-state index in [1.165, 1.54) is 18.2 Å². The summed E-state index contributed by atoms with van der Waals surface area (Å²) in [7, 11) is 0. The van der Waals surface area contributed by atoms with E-state index in [0.717, 1.165) is 12.1 Å². The lowest BCUT2D eigenvalue weighted by Gasteiger charge is -2.12. The first-order valence-corrected chi connectivity index (χ1v) is 9.27. The van der Waals surface area contributed by atoms with E-state index in [2.05, 4.69) is 5.32 Å². The van der Waals surface area contributed by atoms with Crippen molar-refractivity contribution < 1.29 is 32.6 Å². The van der Waals surface area contributed by atoms with Gasteiger partial charge in [-0.1, -0.05) is 30.3 Å². The van der Waals surface area contributed by atoms with Gasteiger partial charge in [0.05, 0.1) is 11.3 Å². The van der Waals surface area contributed by atoms with Gasteiger partial charge in [-0.2, -0.15) is 13.2 Å². The summed E-state index contributed by atoms with van der Waals surface area (Å²) in [5.74, 6) is -0.452. The molecule has 0 aliphatic carbocycles. The molecule has 0 fully saturated rings. The summed E-state index contributed by atoms with van der Waals surface area (Å²) in [6.07, 6.45) is -4.39. The van der Waals surface area contributed by atoms with E-state index in [1.807, 2.05) is 13.8 Å². The smallest absolute Gasteiger partial charge is 0.449 e. The highest BCUT2D eigenvalue weighted by Gasteiger charge is 2.30. The molecular weight excluding hydrogens is 413 g/mol. The van der Waals surface area contributed by atoms with Crippen molar-refractivity contribution in [2.75, 3.05) is 5.32 Å². The standard InChI is InChI=1S/C22H19F3N2O4/c1-13(2)27-12-16(11-19(27)31-21(29)30)26-20(28)18-6-4-3-5-17(18)14-7-9-15(10-8-14)22(23,24)25/h3-13H,1-2H3,(H,26,28)(H,29,30). The van der Waals surface area contributed by atoms with Gasteiger partial charge in [-0.25, -0.2) is 4.79 Å². The van der Waals surface area contributed by atoms with E-state index in [9.17, 15) is 22.8 Å². The number of nitrogens with one attached hydrogen (secondary N) is 1. The van der Waals surface area contributed by atoms with Gasteiger partial charge in [0.15, 0.2) is 0 Å². The molecule has 9 heteroatoms. The number of hydrogen-bond donors (Lipinski definition) is 2. The molecule has 2 N–H and O–H groups in total. The van der Waals surface area contributed by atoms with E-state index in [4.69, 9.17) is 9.84 Å². The number of benzene rings is 2. The molecule has 0 atom stereocenters. The number of ether oxygens (including phenoxy) is 1. The Bertz CT molecular complexity index is 1100. The van der Waals surface area contributed by atoms with Gasteiger partial charge in [0, 0.05) is 23.9 Å². The molecule has 1 aromatic heterocycles. The molecule has 3 aromatic rings. The Morgan fingerprint density at radius 2 is 1.71 bits per heavy atom. The molecule has 2 aromatic carbocycles. The molecule has 0 saturated carbocycles. The quantitative estimate of drug-likeness (QED) is 0.480. The Hall–Kier alpha value is -3.75. The van der Waals surface area contributed by atoms with Crippen LogP contribution in [0.3, 0.4) is 0 Å². The number of amides is 1. The second-order valence-corrected chi connectivity index (χ2v) is 7.01. The molecule has 1 amide bonds.